The fourth-order valence-electron chi connectivity index (χ4n) is 1.80. The first-order valence-electron chi connectivity index (χ1n) is 5.42. The topological polar surface area (TPSA) is 63.4 Å². The maximum atomic E-state index is 12.7. The molecule has 17 heavy (non-hydrogen) atoms. The van der Waals surface area contributed by atoms with E-state index in [4.69, 9.17) is 5.73 Å². The Kier molecular flexibility index (Phi) is 3.19. The summed E-state index contributed by atoms with van der Waals surface area (Å²) in [6.07, 6.45) is 0.686. The van der Waals surface area contributed by atoms with Crippen LogP contribution in [0.5, 0.6) is 0 Å². The molecule has 0 aromatic heterocycles. The molecule has 0 unspecified atom stereocenters. The van der Waals surface area contributed by atoms with Gasteiger partial charge < -0.3 is 5.73 Å². The minimum Gasteiger partial charge on any atom is -0.320 e. The van der Waals surface area contributed by atoms with Crippen molar-refractivity contribution in [2.75, 3.05) is 0 Å². The van der Waals surface area contributed by atoms with E-state index in [1.807, 2.05) is 0 Å². The van der Waals surface area contributed by atoms with Gasteiger partial charge in [-0.15, -0.1) is 0 Å². The minimum absolute atomic E-state index is 0.158. The lowest BCUT2D eigenvalue weighted by Crippen LogP contribution is -2.50. The molecule has 1 aliphatic rings. The summed E-state index contributed by atoms with van der Waals surface area (Å²) in [5.41, 5.74) is 6.32. The number of halogens is 1. The van der Waals surface area contributed by atoms with Crippen molar-refractivity contribution < 1.29 is 14.0 Å². The van der Waals surface area contributed by atoms with Crippen LogP contribution in [0.4, 0.5) is 4.39 Å². The van der Waals surface area contributed by atoms with E-state index in [0.717, 1.165) is 4.90 Å². The summed E-state index contributed by atoms with van der Waals surface area (Å²) < 4.78 is 12.7. The summed E-state index contributed by atoms with van der Waals surface area (Å²) in [6.45, 7) is 0.158. The molecule has 0 aliphatic carbocycles. The van der Waals surface area contributed by atoms with Gasteiger partial charge in [0.25, 0.3) is 0 Å². The predicted molar refractivity (Wildman–Crippen MR) is 59.2 cm³/mol. The van der Waals surface area contributed by atoms with Gasteiger partial charge in [-0.05, 0) is 24.1 Å². The highest BCUT2D eigenvalue weighted by Gasteiger charge is 2.31. The zero-order valence-electron chi connectivity index (χ0n) is 9.23. The molecule has 1 fully saturated rings. The van der Waals surface area contributed by atoms with Crippen LogP contribution in [0.2, 0.25) is 0 Å². The number of nitrogens with zero attached hydrogens (tertiary/aromatic N) is 1. The number of hydrogen-bond acceptors (Lipinski definition) is 3. The molecule has 1 aliphatic heterocycles. The fraction of sp³-hybridized carbons (Fsp3) is 0.333. The Balaban J connectivity index is 2.13. The van der Waals surface area contributed by atoms with Crippen molar-refractivity contribution >= 4 is 11.8 Å². The third kappa shape index (κ3) is 2.50. The standard InChI is InChI=1S/C12H13FN2O2/c13-9-3-1-8(2-4-9)7-15-11(16)6-5-10(14)12(15)17/h1-4,10H,5-7,14H2/t10-/m0/s1. The summed E-state index contributed by atoms with van der Waals surface area (Å²) in [6, 6.07) is 5.10. The largest absolute Gasteiger partial charge is 0.320 e. The average molecular weight is 236 g/mol. The molecule has 4 nitrogen and oxygen atoms in total. The number of amides is 2. The van der Waals surface area contributed by atoms with Gasteiger partial charge in [0.1, 0.15) is 5.82 Å². The SMILES string of the molecule is N[C@H]1CCC(=O)N(Cc2ccc(F)cc2)C1=O. The molecule has 2 rings (SSSR count). The van der Waals surface area contributed by atoms with Gasteiger partial charge in [-0.25, -0.2) is 4.39 Å². The first-order valence-corrected chi connectivity index (χ1v) is 5.42. The van der Waals surface area contributed by atoms with Gasteiger partial charge in [-0.2, -0.15) is 0 Å². The summed E-state index contributed by atoms with van der Waals surface area (Å²) in [5, 5.41) is 0. The minimum atomic E-state index is -0.604. The monoisotopic (exact) mass is 236 g/mol. The van der Waals surface area contributed by atoms with Gasteiger partial charge in [0.2, 0.25) is 11.8 Å². The van der Waals surface area contributed by atoms with E-state index >= 15 is 0 Å². The molecule has 2 N–H and O–H groups in total. The molecule has 90 valence electrons. The lowest BCUT2D eigenvalue weighted by molar-refractivity contribution is -0.149. The van der Waals surface area contributed by atoms with E-state index in [1.165, 1.54) is 12.1 Å². The molecular formula is C12H13FN2O2. The second-order valence-corrected chi connectivity index (χ2v) is 4.09. The van der Waals surface area contributed by atoms with Crippen LogP contribution >= 0.6 is 0 Å². The van der Waals surface area contributed by atoms with Gasteiger partial charge in [0.15, 0.2) is 0 Å². The third-order valence-electron chi connectivity index (χ3n) is 2.81. The van der Waals surface area contributed by atoms with E-state index < -0.39 is 6.04 Å². The number of rotatable bonds is 2. The Bertz CT molecular complexity index is 444. The van der Waals surface area contributed by atoms with E-state index in [2.05, 4.69) is 0 Å². The maximum Gasteiger partial charge on any atom is 0.246 e. The molecule has 1 aromatic carbocycles. The van der Waals surface area contributed by atoms with Crippen molar-refractivity contribution in [3.63, 3.8) is 0 Å². The predicted octanol–water partition coefficient (Wildman–Crippen LogP) is 0.802. The van der Waals surface area contributed by atoms with E-state index in [9.17, 15) is 14.0 Å². The highest BCUT2D eigenvalue weighted by molar-refractivity contribution is 6.00. The first kappa shape index (κ1) is 11.7. The van der Waals surface area contributed by atoms with Gasteiger partial charge >= 0.3 is 0 Å². The number of nitrogens with two attached hydrogens (primary N) is 1. The fourth-order valence-corrected chi connectivity index (χ4v) is 1.80. The Morgan fingerprint density at radius 2 is 1.94 bits per heavy atom. The molecule has 0 saturated carbocycles. The highest BCUT2D eigenvalue weighted by atomic mass is 19.1. The van der Waals surface area contributed by atoms with Crippen molar-refractivity contribution in [3.05, 3.63) is 35.6 Å². The number of hydrogen-bond donors (Lipinski definition) is 1. The van der Waals surface area contributed by atoms with Crippen molar-refractivity contribution in [3.8, 4) is 0 Å². The first-order chi connectivity index (χ1) is 8.08. The number of carbonyl (C=O) groups excluding carboxylic acids is 2. The van der Waals surface area contributed by atoms with Crippen LogP contribution in [-0.2, 0) is 16.1 Å². The van der Waals surface area contributed by atoms with E-state index in [-0.39, 0.29) is 30.6 Å². The third-order valence-corrected chi connectivity index (χ3v) is 2.81. The summed E-state index contributed by atoms with van der Waals surface area (Å²) in [7, 11) is 0. The number of benzene rings is 1. The van der Waals surface area contributed by atoms with Gasteiger partial charge in [0.05, 0.1) is 12.6 Å². The molecule has 1 heterocycles. The molecule has 0 radical (unpaired) electrons. The van der Waals surface area contributed by atoms with Crippen LogP contribution in [0.1, 0.15) is 18.4 Å². The van der Waals surface area contributed by atoms with Crippen molar-refractivity contribution in [2.24, 2.45) is 5.73 Å². The lowest BCUT2D eigenvalue weighted by Gasteiger charge is -2.28. The smallest absolute Gasteiger partial charge is 0.246 e. The second-order valence-electron chi connectivity index (χ2n) is 4.09. The van der Waals surface area contributed by atoms with E-state index in [0.29, 0.717) is 12.0 Å². The zero-order chi connectivity index (χ0) is 12.4. The Hall–Kier alpha value is -1.75. The lowest BCUT2D eigenvalue weighted by atomic mass is 10.0. The van der Waals surface area contributed by atoms with E-state index in [1.54, 1.807) is 12.1 Å². The van der Waals surface area contributed by atoms with Gasteiger partial charge in [-0.3, -0.25) is 14.5 Å². The van der Waals surface area contributed by atoms with Crippen LogP contribution in [-0.4, -0.2) is 22.8 Å². The molecule has 0 spiro atoms. The Morgan fingerprint density at radius 3 is 2.59 bits per heavy atom. The number of likely N-dealkylation sites (tertiary alicyclic amines) is 1. The quantitative estimate of drug-likeness (QED) is 0.772. The number of imide groups is 1. The average Bonchev–Trinajstić information content (AvgIpc) is 2.32. The molecule has 1 aromatic rings. The van der Waals surface area contributed by atoms with Crippen LogP contribution in [0.3, 0.4) is 0 Å². The van der Waals surface area contributed by atoms with Crippen LogP contribution in [0.15, 0.2) is 24.3 Å². The van der Waals surface area contributed by atoms with Gasteiger partial charge in [0, 0.05) is 6.42 Å². The molecule has 0 bridgehead atoms. The normalized spacial score (nSPS) is 20.8. The number of piperidine rings is 1. The summed E-state index contributed by atoms with van der Waals surface area (Å²) in [5.74, 6) is -0.923. The van der Waals surface area contributed by atoms with Crippen molar-refractivity contribution in [1.82, 2.24) is 4.90 Å². The molecule has 2 amide bonds. The zero-order valence-corrected chi connectivity index (χ0v) is 9.23. The van der Waals surface area contributed by atoms with Crippen LogP contribution in [0.25, 0.3) is 0 Å². The Labute approximate surface area is 98.2 Å². The molecular weight excluding hydrogens is 223 g/mol. The summed E-state index contributed by atoms with van der Waals surface area (Å²) >= 11 is 0. The highest BCUT2D eigenvalue weighted by Crippen LogP contribution is 2.15. The van der Waals surface area contributed by atoms with Crippen LogP contribution in [0, 0.1) is 5.82 Å². The second kappa shape index (κ2) is 4.63. The summed E-state index contributed by atoms with van der Waals surface area (Å²) in [4.78, 5) is 24.5. The van der Waals surface area contributed by atoms with Crippen molar-refractivity contribution in [1.29, 1.82) is 0 Å². The van der Waals surface area contributed by atoms with Gasteiger partial charge in [-0.1, -0.05) is 12.1 Å². The molecule has 1 atom stereocenters. The maximum absolute atomic E-state index is 12.7. The Morgan fingerprint density at radius 1 is 1.29 bits per heavy atom. The number of carbonyl (C=O) groups is 2. The van der Waals surface area contributed by atoms with Crippen LogP contribution < -0.4 is 5.73 Å². The molecule has 1 saturated heterocycles. The molecule has 5 heteroatoms. The van der Waals surface area contributed by atoms with Crippen molar-refractivity contribution in [2.45, 2.75) is 25.4 Å².